The molecule has 1 nitrogen and oxygen atoms in total. The summed E-state index contributed by atoms with van der Waals surface area (Å²) in [5, 5.41) is 3.52. The van der Waals surface area contributed by atoms with E-state index in [1.807, 2.05) is 13.0 Å². The second-order valence-electron chi connectivity index (χ2n) is 5.47. The highest BCUT2D eigenvalue weighted by Crippen LogP contribution is 2.35. The summed E-state index contributed by atoms with van der Waals surface area (Å²) >= 11 is 0. The average molecular weight is 269 g/mol. The van der Waals surface area contributed by atoms with Crippen molar-refractivity contribution in [3.8, 4) is 11.1 Å². The fourth-order valence-electron chi connectivity index (χ4n) is 3.16. The first-order valence-corrected chi connectivity index (χ1v) is 7.32. The van der Waals surface area contributed by atoms with Gasteiger partial charge < -0.3 is 5.32 Å². The summed E-state index contributed by atoms with van der Waals surface area (Å²) < 4.78 is 13.7. The molecule has 0 saturated heterocycles. The standard InChI is InChI=1S/C18H20FN/c1-3-20-18-10-8-14-11-13(7-9-16(14)18)15-5-4-6-17(19)12(15)2/h4-7,9,11,18,20H,3,8,10H2,1-2H3. The third-order valence-corrected chi connectivity index (χ3v) is 4.25. The lowest BCUT2D eigenvalue weighted by molar-refractivity contribution is 0.549. The first kappa shape index (κ1) is 13.3. The van der Waals surface area contributed by atoms with Gasteiger partial charge in [-0.1, -0.05) is 37.3 Å². The van der Waals surface area contributed by atoms with Crippen molar-refractivity contribution in [2.45, 2.75) is 32.7 Å². The molecule has 1 atom stereocenters. The van der Waals surface area contributed by atoms with Crippen LogP contribution < -0.4 is 5.32 Å². The van der Waals surface area contributed by atoms with Crippen molar-refractivity contribution in [3.05, 3.63) is 58.9 Å². The number of hydrogen-bond donors (Lipinski definition) is 1. The van der Waals surface area contributed by atoms with Crippen LogP contribution in [0.2, 0.25) is 0 Å². The highest BCUT2D eigenvalue weighted by Gasteiger charge is 2.22. The van der Waals surface area contributed by atoms with E-state index in [2.05, 4.69) is 30.4 Å². The molecule has 0 aromatic heterocycles. The molecule has 3 rings (SSSR count). The zero-order valence-electron chi connectivity index (χ0n) is 12.0. The van der Waals surface area contributed by atoms with Crippen LogP contribution in [0.1, 0.15) is 36.1 Å². The molecule has 0 saturated carbocycles. The number of benzene rings is 2. The van der Waals surface area contributed by atoms with Gasteiger partial charge in [0, 0.05) is 6.04 Å². The lowest BCUT2D eigenvalue weighted by Crippen LogP contribution is -2.18. The van der Waals surface area contributed by atoms with Crippen LogP contribution >= 0.6 is 0 Å². The summed E-state index contributed by atoms with van der Waals surface area (Å²) in [4.78, 5) is 0. The molecular formula is C18H20FN. The van der Waals surface area contributed by atoms with Crippen LogP contribution in [0, 0.1) is 12.7 Å². The van der Waals surface area contributed by atoms with Gasteiger partial charge >= 0.3 is 0 Å². The van der Waals surface area contributed by atoms with Crippen molar-refractivity contribution in [3.63, 3.8) is 0 Å². The summed E-state index contributed by atoms with van der Waals surface area (Å²) in [5.41, 5.74) is 5.66. The summed E-state index contributed by atoms with van der Waals surface area (Å²) in [6.07, 6.45) is 2.27. The van der Waals surface area contributed by atoms with Crippen LogP contribution in [0.4, 0.5) is 4.39 Å². The van der Waals surface area contributed by atoms with Gasteiger partial charge in [0.25, 0.3) is 0 Å². The third kappa shape index (κ3) is 2.25. The normalized spacial score (nSPS) is 17.2. The quantitative estimate of drug-likeness (QED) is 0.871. The monoisotopic (exact) mass is 269 g/mol. The van der Waals surface area contributed by atoms with Crippen LogP contribution in [0.5, 0.6) is 0 Å². The maximum absolute atomic E-state index is 13.7. The molecule has 1 unspecified atom stereocenters. The van der Waals surface area contributed by atoms with Gasteiger partial charge in [-0.25, -0.2) is 4.39 Å². The highest BCUT2D eigenvalue weighted by atomic mass is 19.1. The van der Waals surface area contributed by atoms with Crippen molar-refractivity contribution >= 4 is 0 Å². The number of rotatable bonds is 3. The predicted molar refractivity (Wildman–Crippen MR) is 81.3 cm³/mol. The Morgan fingerprint density at radius 2 is 2.10 bits per heavy atom. The van der Waals surface area contributed by atoms with E-state index in [0.717, 1.165) is 36.1 Å². The molecule has 1 aliphatic carbocycles. The molecule has 1 aliphatic rings. The Bertz CT molecular complexity index is 633. The minimum atomic E-state index is -0.131. The first-order chi connectivity index (χ1) is 9.70. The van der Waals surface area contributed by atoms with E-state index in [4.69, 9.17) is 0 Å². The molecule has 0 aliphatic heterocycles. The lowest BCUT2D eigenvalue weighted by atomic mass is 9.96. The smallest absolute Gasteiger partial charge is 0.126 e. The van der Waals surface area contributed by atoms with E-state index in [0.29, 0.717) is 6.04 Å². The lowest BCUT2D eigenvalue weighted by Gasteiger charge is -2.13. The maximum Gasteiger partial charge on any atom is 0.126 e. The number of aryl methyl sites for hydroxylation is 1. The van der Waals surface area contributed by atoms with Gasteiger partial charge in [0.2, 0.25) is 0 Å². The molecule has 1 N–H and O–H groups in total. The fraction of sp³-hybridized carbons (Fsp3) is 0.333. The zero-order chi connectivity index (χ0) is 14.1. The molecule has 0 amide bonds. The van der Waals surface area contributed by atoms with E-state index in [1.54, 1.807) is 6.07 Å². The summed E-state index contributed by atoms with van der Waals surface area (Å²) in [6.45, 7) is 4.98. The van der Waals surface area contributed by atoms with Gasteiger partial charge in [-0.15, -0.1) is 0 Å². The molecule has 2 aromatic carbocycles. The van der Waals surface area contributed by atoms with Gasteiger partial charge in [0.1, 0.15) is 5.82 Å². The number of nitrogens with one attached hydrogen (secondary N) is 1. The molecule has 20 heavy (non-hydrogen) atoms. The molecular weight excluding hydrogens is 249 g/mol. The SMILES string of the molecule is CCNC1CCc2cc(-c3cccc(F)c3C)ccc21. The van der Waals surface area contributed by atoms with Crippen LogP contribution in [0.3, 0.4) is 0 Å². The van der Waals surface area contributed by atoms with E-state index < -0.39 is 0 Å². The van der Waals surface area contributed by atoms with Gasteiger partial charge in [-0.2, -0.15) is 0 Å². The minimum absolute atomic E-state index is 0.131. The third-order valence-electron chi connectivity index (χ3n) is 4.25. The summed E-state index contributed by atoms with van der Waals surface area (Å²) in [7, 11) is 0. The van der Waals surface area contributed by atoms with Gasteiger partial charge in [-0.3, -0.25) is 0 Å². The van der Waals surface area contributed by atoms with Crippen LogP contribution in [0.15, 0.2) is 36.4 Å². The number of hydrogen-bond acceptors (Lipinski definition) is 1. The molecule has 0 fully saturated rings. The van der Waals surface area contributed by atoms with E-state index >= 15 is 0 Å². The zero-order valence-corrected chi connectivity index (χ0v) is 12.0. The summed E-state index contributed by atoms with van der Waals surface area (Å²) in [5.74, 6) is -0.131. The van der Waals surface area contributed by atoms with Crippen molar-refractivity contribution < 1.29 is 4.39 Å². The molecule has 0 heterocycles. The Labute approximate surface area is 119 Å². The van der Waals surface area contributed by atoms with Crippen molar-refractivity contribution in [1.29, 1.82) is 0 Å². The molecule has 104 valence electrons. The predicted octanol–water partition coefficient (Wildman–Crippen LogP) is 4.40. The van der Waals surface area contributed by atoms with Crippen LogP contribution in [-0.2, 0) is 6.42 Å². The van der Waals surface area contributed by atoms with Gasteiger partial charge in [0.05, 0.1) is 0 Å². The Morgan fingerprint density at radius 3 is 2.90 bits per heavy atom. The Hall–Kier alpha value is -1.67. The van der Waals surface area contributed by atoms with Crippen LogP contribution in [-0.4, -0.2) is 6.54 Å². The van der Waals surface area contributed by atoms with E-state index in [-0.39, 0.29) is 5.82 Å². The number of halogens is 1. The largest absolute Gasteiger partial charge is 0.310 e. The molecule has 0 bridgehead atoms. The second-order valence-corrected chi connectivity index (χ2v) is 5.47. The van der Waals surface area contributed by atoms with Gasteiger partial charge in [0.15, 0.2) is 0 Å². The van der Waals surface area contributed by atoms with E-state index in [1.165, 1.54) is 17.2 Å². The second kappa shape index (κ2) is 5.37. The Morgan fingerprint density at radius 1 is 1.25 bits per heavy atom. The Balaban J connectivity index is 2.00. The average Bonchev–Trinajstić information content (AvgIpc) is 2.85. The fourth-order valence-corrected chi connectivity index (χ4v) is 3.16. The van der Waals surface area contributed by atoms with Crippen molar-refractivity contribution in [1.82, 2.24) is 5.32 Å². The van der Waals surface area contributed by atoms with E-state index in [9.17, 15) is 4.39 Å². The first-order valence-electron chi connectivity index (χ1n) is 7.32. The topological polar surface area (TPSA) is 12.0 Å². The molecule has 2 heteroatoms. The van der Waals surface area contributed by atoms with Gasteiger partial charge in [-0.05, 0) is 60.2 Å². The van der Waals surface area contributed by atoms with Crippen molar-refractivity contribution in [2.24, 2.45) is 0 Å². The minimum Gasteiger partial charge on any atom is -0.310 e. The number of fused-ring (bicyclic) bond motifs is 1. The van der Waals surface area contributed by atoms with Crippen molar-refractivity contribution in [2.75, 3.05) is 6.54 Å². The Kier molecular flexibility index (Phi) is 3.58. The summed E-state index contributed by atoms with van der Waals surface area (Å²) in [6, 6.07) is 12.3. The maximum atomic E-state index is 13.7. The molecule has 0 spiro atoms. The molecule has 0 radical (unpaired) electrons. The molecule has 2 aromatic rings. The highest BCUT2D eigenvalue weighted by molar-refractivity contribution is 5.69. The van der Waals surface area contributed by atoms with Crippen LogP contribution in [0.25, 0.3) is 11.1 Å².